The average Bonchev–Trinajstić information content (AvgIpc) is 3.64. The van der Waals surface area contributed by atoms with Crippen LogP contribution in [0.3, 0.4) is 0 Å². The largest absolute Gasteiger partial charge is 0.493 e. The summed E-state index contributed by atoms with van der Waals surface area (Å²) in [6.07, 6.45) is 2.38. The van der Waals surface area contributed by atoms with Crippen molar-refractivity contribution < 1.29 is 29.0 Å². The first-order valence-corrected chi connectivity index (χ1v) is 11.0. The Morgan fingerprint density at radius 2 is 1.73 bits per heavy atom. The predicted molar refractivity (Wildman–Crippen MR) is 118 cm³/mol. The number of carboxylic acid groups (broad SMARTS) is 1. The van der Waals surface area contributed by atoms with E-state index in [0.717, 1.165) is 16.9 Å². The number of ether oxygens (including phenoxy) is 1. The minimum atomic E-state index is -1.55. The third kappa shape index (κ3) is 5.58. The second-order valence-electron chi connectivity index (χ2n) is 8.51. The van der Waals surface area contributed by atoms with Crippen LogP contribution in [0.2, 0.25) is 0 Å². The molecule has 0 spiro atoms. The van der Waals surface area contributed by atoms with Crippen LogP contribution in [0.5, 0.6) is 5.75 Å². The van der Waals surface area contributed by atoms with E-state index >= 15 is 0 Å². The Labute approximate surface area is 191 Å². The first-order valence-electron chi connectivity index (χ1n) is 11.0. The Morgan fingerprint density at radius 1 is 1.03 bits per heavy atom. The molecule has 8 heteroatoms. The van der Waals surface area contributed by atoms with Crippen molar-refractivity contribution in [2.24, 2.45) is 11.8 Å². The van der Waals surface area contributed by atoms with Gasteiger partial charge in [0, 0.05) is 13.0 Å². The summed E-state index contributed by atoms with van der Waals surface area (Å²) >= 11 is 0. The highest BCUT2D eigenvalue weighted by Crippen LogP contribution is 2.34. The summed E-state index contributed by atoms with van der Waals surface area (Å²) in [6, 6.07) is 16.1. The van der Waals surface area contributed by atoms with Crippen molar-refractivity contribution in [1.82, 2.24) is 10.2 Å². The molecule has 1 unspecified atom stereocenters. The highest BCUT2D eigenvalue weighted by molar-refractivity contribution is 6.19. The third-order valence-electron chi connectivity index (χ3n) is 5.94. The fourth-order valence-electron chi connectivity index (χ4n) is 3.95. The number of likely N-dealkylation sites (tertiary alicyclic amines) is 1. The lowest BCUT2D eigenvalue weighted by Crippen LogP contribution is -2.53. The maximum absolute atomic E-state index is 13.3. The van der Waals surface area contributed by atoms with Gasteiger partial charge in [-0.05, 0) is 42.0 Å². The highest BCUT2D eigenvalue weighted by Gasteiger charge is 2.45. The van der Waals surface area contributed by atoms with Crippen molar-refractivity contribution in [1.29, 1.82) is 0 Å². The van der Waals surface area contributed by atoms with Crippen LogP contribution in [0.1, 0.15) is 36.4 Å². The number of amides is 2. The van der Waals surface area contributed by atoms with Crippen LogP contribution in [0.4, 0.5) is 0 Å². The Bertz CT molecular complexity index is 1030. The molecule has 2 atom stereocenters. The quantitative estimate of drug-likeness (QED) is 0.567. The lowest BCUT2D eigenvalue weighted by molar-refractivity contribution is -0.155. The van der Waals surface area contributed by atoms with Gasteiger partial charge in [0.1, 0.15) is 12.3 Å². The molecule has 172 valence electrons. The maximum Gasteiger partial charge on any atom is 0.322 e. The number of hydrogen-bond acceptors (Lipinski definition) is 5. The Morgan fingerprint density at radius 3 is 2.36 bits per heavy atom. The second kappa shape index (κ2) is 9.85. The summed E-state index contributed by atoms with van der Waals surface area (Å²) in [7, 11) is 0. The molecule has 2 aromatic rings. The molecule has 8 nitrogen and oxygen atoms in total. The molecular formula is C25H26N2O6. The molecule has 0 aromatic heterocycles. The van der Waals surface area contributed by atoms with Crippen LogP contribution >= 0.6 is 0 Å². The van der Waals surface area contributed by atoms with Gasteiger partial charge >= 0.3 is 5.97 Å². The molecule has 2 N–H and O–H groups in total. The zero-order valence-electron chi connectivity index (χ0n) is 18.1. The van der Waals surface area contributed by atoms with E-state index in [2.05, 4.69) is 5.32 Å². The minimum absolute atomic E-state index is 0.0243. The predicted octanol–water partition coefficient (Wildman–Crippen LogP) is 2.34. The van der Waals surface area contributed by atoms with E-state index in [9.17, 15) is 19.2 Å². The molecule has 1 heterocycles. The van der Waals surface area contributed by atoms with Crippen LogP contribution in [0, 0.1) is 11.8 Å². The topological polar surface area (TPSA) is 113 Å². The number of carboxylic acids is 1. The number of nitrogens with zero attached hydrogens (tertiary/aromatic N) is 1. The number of rotatable bonds is 9. The summed E-state index contributed by atoms with van der Waals surface area (Å²) in [5, 5.41) is 11.0. The first kappa shape index (κ1) is 22.5. The van der Waals surface area contributed by atoms with Crippen LogP contribution in [0.25, 0.3) is 0 Å². The molecule has 4 rings (SSSR count). The first-order chi connectivity index (χ1) is 15.9. The number of Topliss-reactive ketones (excluding diaryl/α,β-unsaturated/α-hetero) is 1. The fraction of sp³-hybridized carbons (Fsp3) is 0.360. The number of piperidine rings is 1. The summed E-state index contributed by atoms with van der Waals surface area (Å²) in [4.78, 5) is 50.9. The van der Waals surface area contributed by atoms with E-state index in [1.807, 2.05) is 54.6 Å². The number of nitrogens with one attached hydrogen (secondary N) is 1. The van der Waals surface area contributed by atoms with E-state index in [1.165, 1.54) is 17.7 Å². The monoisotopic (exact) mass is 450 g/mol. The van der Waals surface area contributed by atoms with Crippen LogP contribution in [0.15, 0.2) is 54.6 Å². The van der Waals surface area contributed by atoms with Gasteiger partial charge in [0.15, 0.2) is 11.7 Å². The highest BCUT2D eigenvalue weighted by atomic mass is 16.5. The summed E-state index contributed by atoms with van der Waals surface area (Å²) in [5.41, 5.74) is 1.63. The van der Waals surface area contributed by atoms with Crippen molar-refractivity contribution in [3.05, 3.63) is 65.7 Å². The molecule has 2 fully saturated rings. The third-order valence-corrected chi connectivity index (χ3v) is 5.94. The lowest BCUT2D eigenvalue weighted by Gasteiger charge is -2.38. The minimum Gasteiger partial charge on any atom is -0.493 e. The summed E-state index contributed by atoms with van der Waals surface area (Å²) < 4.78 is 5.77. The standard InChI is InChI=1S/C25H26N2O6/c28-21-12-20(18-4-2-1-3-5-18)27(25(32)23(21)24(31)26-13-22(29)30)14-16-8-10-19(11-9-16)33-15-17-6-7-17/h1-5,8-11,17,20,23H,6-7,12-15H2,(H,26,31)(H,29,30)/t20-,23?/m0/s1. The smallest absolute Gasteiger partial charge is 0.322 e. The van der Waals surface area contributed by atoms with Gasteiger partial charge < -0.3 is 20.1 Å². The van der Waals surface area contributed by atoms with Crippen LogP contribution < -0.4 is 10.1 Å². The maximum atomic E-state index is 13.3. The summed E-state index contributed by atoms with van der Waals surface area (Å²) in [6.45, 7) is 0.257. The van der Waals surface area contributed by atoms with E-state index in [1.54, 1.807) is 0 Å². The summed E-state index contributed by atoms with van der Waals surface area (Å²) in [5.74, 6) is -3.42. The molecule has 0 radical (unpaired) electrons. The van der Waals surface area contributed by atoms with E-state index < -0.39 is 42.1 Å². The Balaban J connectivity index is 1.54. The lowest BCUT2D eigenvalue weighted by atomic mass is 9.86. The average molecular weight is 450 g/mol. The van der Waals surface area contributed by atoms with Gasteiger partial charge in [-0.15, -0.1) is 0 Å². The molecule has 1 aliphatic carbocycles. The number of aliphatic carboxylic acids is 1. The van der Waals surface area contributed by atoms with E-state index in [-0.39, 0.29) is 13.0 Å². The zero-order chi connectivity index (χ0) is 23.4. The molecule has 1 aliphatic heterocycles. The normalized spacial score (nSPS) is 20.4. The molecular weight excluding hydrogens is 424 g/mol. The van der Waals surface area contributed by atoms with Crippen molar-refractivity contribution in [3.8, 4) is 5.75 Å². The fourth-order valence-corrected chi connectivity index (χ4v) is 3.95. The Hall–Kier alpha value is -3.68. The van der Waals surface area contributed by atoms with Crippen molar-refractivity contribution in [2.45, 2.75) is 31.8 Å². The van der Waals surface area contributed by atoms with Gasteiger partial charge in [-0.3, -0.25) is 19.2 Å². The number of carbonyl (C=O) groups excluding carboxylic acids is 3. The molecule has 2 amide bonds. The van der Waals surface area contributed by atoms with Gasteiger partial charge in [-0.1, -0.05) is 42.5 Å². The second-order valence-corrected chi connectivity index (χ2v) is 8.51. The van der Waals surface area contributed by atoms with Crippen molar-refractivity contribution in [3.63, 3.8) is 0 Å². The van der Waals surface area contributed by atoms with E-state index in [0.29, 0.717) is 12.5 Å². The molecule has 33 heavy (non-hydrogen) atoms. The zero-order valence-corrected chi connectivity index (χ0v) is 18.1. The van der Waals surface area contributed by atoms with Crippen molar-refractivity contribution in [2.75, 3.05) is 13.2 Å². The van der Waals surface area contributed by atoms with Crippen LogP contribution in [-0.2, 0) is 25.7 Å². The van der Waals surface area contributed by atoms with Crippen LogP contribution in [-0.4, -0.2) is 46.7 Å². The molecule has 1 saturated carbocycles. The van der Waals surface area contributed by atoms with Crippen molar-refractivity contribution >= 4 is 23.6 Å². The Kier molecular flexibility index (Phi) is 6.72. The molecule has 2 aliphatic rings. The molecule has 1 saturated heterocycles. The van der Waals surface area contributed by atoms with Gasteiger partial charge in [0.05, 0.1) is 12.6 Å². The van der Waals surface area contributed by atoms with Gasteiger partial charge in [-0.2, -0.15) is 0 Å². The van der Waals surface area contributed by atoms with Gasteiger partial charge in [0.2, 0.25) is 11.8 Å². The molecule has 0 bridgehead atoms. The number of ketones is 1. The SMILES string of the molecule is O=C(O)CNC(=O)C1C(=O)C[C@@H](c2ccccc2)N(Cc2ccc(OCC3CC3)cc2)C1=O. The van der Waals surface area contributed by atoms with Gasteiger partial charge in [0.25, 0.3) is 0 Å². The number of carbonyl (C=O) groups is 4. The number of hydrogen-bond donors (Lipinski definition) is 2. The molecule has 2 aromatic carbocycles. The van der Waals surface area contributed by atoms with Gasteiger partial charge in [-0.25, -0.2) is 0 Å². The van der Waals surface area contributed by atoms with E-state index in [4.69, 9.17) is 9.84 Å². The number of benzene rings is 2.